The van der Waals surface area contributed by atoms with Crippen LogP contribution in [-0.2, 0) is 4.74 Å². The smallest absolute Gasteiger partial charge is 0.407 e. The minimum absolute atomic E-state index is 0.00930. The second-order valence-electron chi connectivity index (χ2n) is 4.51. The molecule has 0 saturated carbocycles. The summed E-state index contributed by atoms with van der Waals surface area (Å²) in [5.74, 6) is -0.224. The first kappa shape index (κ1) is 14.0. The van der Waals surface area contributed by atoms with Crippen molar-refractivity contribution in [3.63, 3.8) is 0 Å². The van der Waals surface area contributed by atoms with Crippen LogP contribution >= 0.6 is 0 Å². The highest BCUT2D eigenvalue weighted by Crippen LogP contribution is 2.12. The van der Waals surface area contributed by atoms with Crippen molar-refractivity contribution in [3.05, 3.63) is 28.2 Å². The number of H-pyrrole nitrogens is 1. The molecule has 108 valence electrons. The third-order valence-corrected chi connectivity index (χ3v) is 3.19. The average Bonchev–Trinajstić information content (AvgIpc) is 2.48. The molecule has 1 aromatic heterocycles. The third-order valence-electron chi connectivity index (χ3n) is 3.19. The van der Waals surface area contributed by atoms with E-state index in [9.17, 15) is 14.4 Å². The largest absolute Gasteiger partial charge is 0.453 e. The highest BCUT2D eigenvalue weighted by molar-refractivity contribution is 5.92. The summed E-state index contributed by atoms with van der Waals surface area (Å²) in [6.07, 6.45) is 0.853. The van der Waals surface area contributed by atoms with Gasteiger partial charge in [0.15, 0.2) is 0 Å². The number of amides is 2. The van der Waals surface area contributed by atoms with Crippen LogP contribution in [-0.4, -0.2) is 53.3 Å². The van der Waals surface area contributed by atoms with Gasteiger partial charge in [0.1, 0.15) is 5.69 Å². The molecule has 2 N–H and O–H groups in total. The maximum absolute atomic E-state index is 12.1. The first-order valence-electron chi connectivity index (χ1n) is 6.29. The number of carbonyl (C=O) groups is 2. The Hall–Kier alpha value is -2.38. The van der Waals surface area contributed by atoms with Gasteiger partial charge in [0.05, 0.1) is 7.11 Å². The first-order valence-corrected chi connectivity index (χ1v) is 6.29. The van der Waals surface area contributed by atoms with Crippen LogP contribution in [0.1, 0.15) is 23.3 Å². The lowest BCUT2D eigenvalue weighted by Gasteiger charge is -2.31. The number of aromatic nitrogens is 2. The number of hydrogen-bond donors (Lipinski definition) is 2. The fraction of sp³-hybridized carbons (Fsp3) is 0.500. The third kappa shape index (κ3) is 3.34. The molecule has 0 radical (unpaired) electrons. The summed E-state index contributed by atoms with van der Waals surface area (Å²) in [5, 5.41) is 8.66. The molecule has 2 heterocycles. The molecule has 20 heavy (non-hydrogen) atoms. The number of aromatic amines is 1. The molecule has 1 fully saturated rings. The van der Waals surface area contributed by atoms with Gasteiger partial charge in [0, 0.05) is 25.2 Å². The molecule has 2 rings (SSSR count). The zero-order chi connectivity index (χ0) is 14.5. The lowest BCUT2D eigenvalue weighted by atomic mass is 10.0. The van der Waals surface area contributed by atoms with E-state index in [4.69, 9.17) is 0 Å². The number of nitrogens with one attached hydrogen (secondary N) is 2. The Labute approximate surface area is 115 Å². The summed E-state index contributed by atoms with van der Waals surface area (Å²) in [6.45, 7) is 1.04. The molecular weight excluding hydrogens is 264 g/mol. The summed E-state index contributed by atoms with van der Waals surface area (Å²) in [7, 11) is 1.32. The van der Waals surface area contributed by atoms with E-state index in [-0.39, 0.29) is 23.2 Å². The van der Waals surface area contributed by atoms with E-state index in [2.05, 4.69) is 20.3 Å². The highest BCUT2D eigenvalue weighted by atomic mass is 16.5. The van der Waals surface area contributed by atoms with Crippen LogP contribution in [0.25, 0.3) is 0 Å². The number of alkyl carbamates (subject to hydrolysis) is 1. The number of rotatable bonds is 2. The highest BCUT2D eigenvalue weighted by Gasteiger charge is 2.25. The number of likely N-dealkylation sites (tertiary alicyclic amines) is 1. The van der Waals surface area contributed by atoms with E-state index in [0.717, 1.165) is 0 Å². The lowest BCUT2D eigenvalue weighted by Crippen LogP contribution is -2.46. The second kappa shape index (κ2) is 6.18. The van der Waals surface area contributed by atoms with Crippen molar-refractivity contribution in [2.24, 2.45) is 0 Å². The fourth-order valence-electron chi connectivity index (χ4n) is 2.08. The standard InChI is InChI=1S/C12H16N4O4/c1-20-12(19)13-8-4-6-16(7-5-8)11(18)9-2-3-10(17)15-14-9/h2-3,8H,4-7H2,1H3,(H,13,19)(H,15,17). The van der Waals surface area contributed by atoms with E-state index < -0.39 is 6.09 Å². The summed E-state index contributed by atoms with van der Waals surface area (Å²) >= 11 is 0. The zero-order valence-electron chi connectivity index (χ0n) is 11.1. The van der Waals surface area contributed by atoms with Gasteiger partial charge >= 0.3 is 6.09 Å². The molecule has 0 unspecified atom stereocenters. The first-order chi connectivity index (χ1) is 9.60. The van der Waals surface area contributed by atoms with Crippen LogP contribution in [0, 0.1) is 0 Å². The van der Waals surface area contributed by atoms with E-state index in [1.165, 1.54) is 19.2 Å². The maximum atomic E-state index is 12.1. The molecule has 0 aromatic carbocycles. The van der Waals surface area contributed by atoms with E-state index in [1.54, 1.807) is 4.90 Å². The van der Waals surface area contributed by atoms with E-state index >= 15 is 0 Å². The van der Waals surface area contributed by atoms with Gasteiger partial charge in [0.25, 0.3) is 11.5 Å². The SMILES string of the molecule is COC(=O)NC1CCN(C(=O)c2ccc(=O)[nH]n2)CC1. The molecule has 1 aliphatic heterocycles. The fourth-order valence-corrected chi connectivity index (χ4v) is 2.08. The Balaban J connectivity index is 1.90. The number of ether oxygens (including phenoxy) is 1. The molecule has 0 aliphatic carbocycles. The molecule has 0 bridgehead atoms. The van der Waals surface area contributed by atoms with Gasteiger partial charge in [0.2, 0.25) is 0 Å². The van der Waals surface area contributed by atoms with E-state index in [0.29, 0.717) is 25.9 Å². The summed E-state index contributed by atoms with van der Waals surface area (Å²) in [6, 6.07) is 2.68. The molecular formula is C12H16N4O4. The Morgan fingerprint density at radius 2 is 2.10 bits per heavy atom. The predicted octanol–water partition coefficient (Wildman–Crippen LogP) is -0.269. The summed E-state index contributed by atoms with van der Waals surface area (Å²) in [5.41, 5.74) is -0.133. The normalized spacial score (nSPS) is 15.8. The monoisotopic (exact) mass is 280 g/mol. The quantitative estimate of drug-likeness (QED) is 0.776. The van der Waals surface area contributed by atoms with Crippen LogP contribution in [0.4, 0.5) is 4.79 Å². The van der Waals surface area contributed by atoms with E-state index in [1.807, 2.05) is 0 Å². The maximum Gasteiger partial charge on any atom is 0.407 e. The van der Waals surface area contributed by atoms with Crippen molar-refractivity contribution < 1.29 is 14.3 Å². The van der Waals surface area contributed by atoms with Gasteiger partial charge in [-0.15, -0.1) is 0 Å². The van der Waals surface area contributed by atoms with Crippen molar-refractivity contribution >= 4 is 12.0 Å². The topological polar surface area (TPSA) is 104 Å². The summed E-state index contributed by atoms with van der Waals surface area (Å²) in [4.78, 5) is 35.8. The second-order valence-corrected chi connectivity index (χ2v) is 4.51. The van der Waals surface area contributed by atoms with Gasteiger partial charge in [-0.1, -0.05) is 0 Å². The van der Waals surface area contributed by atoms with Crippen molar-refractivity contribution in [2.45, 2.75) is 18.9 Å². The molecule has 8 heteroatoms. The van der Waals surface area contributed by atoms with Crippen molar-refractivity contribution in [1.29, 1.82) is 0 Å². The number of hydrogen-bond acceptors (Lipinski definition) is 5. The minimum atomic E-state index is -0.461. The van der Waals surface area contributed by atoms with Crippen LogP contribution in [0.15, 0.2) is 16.9 Å². The van der Waals surface area contributed by atoms with Crippen molar-refractivity contribution in [2.75, 3.05) is 20.2 Å². The summed E-state index contributed by atoms with van der Waals surface area (Å²) < 4.78 is 4.53. The van der Waals surface area contributed by atoms with Crippen LogP contribution < -0.4 is 10.9 Å². The predicted molar refractivity (Wildman–Crippen MR) is 69.3 cm³/mol. The number of carbonyl (C=O) groups excluding carboxylic acids is 2. The molecule has 0 spiro atoms. The Morgan fingerprint density at radius 1 is 1.40 bits per heavy atom. The Kier molecular flexibility index (Phi) is 4.34. The Bertz CT molecular complexity index is 528. The lowest BCUT2D eigenvalue weighted by molar-refractivity contribution is 0.0697. The van der Waals surface area contributed by atoms with Gasteiger partial charge in [-0.2, -0.15) is 5.10 Å². The number of piperidine rings is 1. The van der Waals surface area contributed by atoms with Gasteiger partial charge in [-0.05, 0) is 18.9 Å². The Morgan fingerprint density at radius 3 is 2.65 bits per heavy atom. The van der Waals surface area contributed by atoms with Crippen molar-refractivity contribution in [3.8, 4) is 0 Å². The molecule has 1 saturated heterocycles. The molecule has 8 nitrogen and oxygen atoms in total. The van der Waals surface area contributed by atoms with Crippen LogP contribution in [0.5, 0.6) is 0 Å². The van der Waals surface area contributed by atoms with Gasteiger partial charge < -0.3 is 15.0 Å². The molecule has 1 aromatic rings. The number of methoxy groups -OCH3 is 1. The number of nitrogens with zero attached hydrogens (tertiary/aromatic N) is 2. The zero-order valence-corrected chi connectivity index (χ0v) is 11.1. The molecule has 2 amide bonds. The van der Waals surface area contributed by atoms with Crippen LogP contribution in [0.3, 0.4) is 0 Å². The van der Waals surface area contributed by atoms with Gasteiger partial charge in [-0.3, -0.25) is 9.59 Å². The molecule has 1 aliphatic rings. The molecule has 0 atom stereocenters. The average molecular weight is 280 g/mol. The minimum Gasteiger partial charge on any atom is -0.453 e. The van der Waals surface area contributed by atoms with Crippen molar-refractivity contribution in [1.82, 2.24) is 20.4 Å². The van der Waals surface area contributed by atoms with Crippen LogP contribution in [0.2, 0.25) is 0 Å². The van der Waals surface area contributed by atoms with Gasteiger partial charge in [-0.25, -0.2) is 9.89 Å².